The smallest absolute Gasteiger partial charge is 0.148 e. The van der Waals surface area contributed by atoms with E-state index in [-0.39, 0.29) is 0 Å². The van der Waals surface area contributed by atoms with Gasteiger partial charge in [-0.3, -0.25) is 0 Å². The van der Waals surface area contributed by atoms with Gasteiger partial charge in [-0.25, -0.2) is 4.98 Å². The molecule has 3 rings (SSSR count). The van der Waals surface area contributed by atoms with Crippen molar-refractivity contribution < 1.29 is 0 Å². The molecule has 0 aliphatic carbocycles. The molecule has 106 valence electrons. The third-order valence-corrected chi connectivity index (χ3v) is 3.64. The maximum atomic E-state index is 8.91. The zero-order chi connectivity index (χ0) is 14.5. The van der Waals surface area contributed by atoms with Gasteiger partial charge >= 0.3 is 0 Å². The van der Waals surface area contributed by atoms with Gasteiger partial charge in [0.25, 0.3) is 0 Å². The summed E-state index contributed by atoms with van der Waals surface area (Å²) in [6, 6.07) is 10.1. The summed E-state index contributed by atoms with van der Waals surface area (Å²) in [5, 5.41) is 20.2. The lowest BCUT2D eigenvalue weighted by Gasteiger charge is -2.34. The molecule has 1 aliphatic heterocycles. The molecule has 2 aromatic rings. The standard InChI is InChI=1S/C15H16N6/c16-11-13-10-14(3-7-17-13)21-8-4-12(5-9-21)19-15-2-1-6-18-20-15/h1-3,6-7,10,12H,4-5,8-9H2,(H,19,20). The first kappa shape index (κ1) is 13.3. The molecular formula is C15H16N6. The normalized spacial score (nSPS) is 15.5. The van der Waals surface area contributed by atoms with Crippen LogP contribution < -0.4 is 10.2 Å². The summed E-state index contributed by atoms with van der Waals surface area (Å²) in [7, 11) is 0. The van der Waals surface area contributed by atoms with Crippen molar-refractivity contribution >= 4 is 11.5 Å². The average Bonchev–Trinajstić information content (AvgIpc) is 2.56. The Morgan fingerprint density at radius 1 is 1.24 bits per heavy atom. The second-order valence-electron chi connectivity index (χ2n) is 5.03. The first-order valence-electron chi connectivity index (χ1n) is 7.00. The number of nitrogens with one attached hydrogen (secondary N) is 1. The molecule has 1 aliphatic rings. The molecule has 1 fully saturated rings. The van der Waals surface area contributed by atoms with Crippen molar-refractivity contribution in [3.8, 4) is 6.07 Å². The van der Waals surface area contributed by atoms with Gasteiger partial charge in [0.2, 0.25) is 0 Å². The van der Waals surface area contributed by atoms with E-state index in [9.17, 15) is 0 Å². The summed E-state index contributed by atoms with van der Waals surface area (Å²) in [5.41, 5.74) is 1.53. The molecule has 0 radical (unpaired) electrons. The molecule has 2 aromatic heterocycles. The Labute approximate surface area is 123 Å². The molecule has 0 aromatic carbocycles. The first-order valence-corrected chi connectivity index (χ1v) is 7.00. The third kappa shape index (κ3) is 3.26. The number of aromatic nitrogens is 3. The Hall–Kier alpha value is -2.68. The molecule has 6 nitrogen and oxygen atoms in total. The minimum atomic E-state index is 0.412. The number of piperidine rings is 1. The fraction of sp³-hybridized carbons (Fsp3) is 0.333. The van der Waals surface area contributed by atoms with Crippen LogP contribution in [0.2, 0.25) is 0 Å². The Kier molecular flexibility index (Phi) is 3.92. The Bertz CT molecular complexity index is 628. The molecule has 0 saturated carbocycles. The molecule has 0 atom stereocenters. The molecule has 0 unspecified atom stereocenters. The van der Waals surface area contributed by atoms with E-state index in [4.69, 9.17) is 5.26 Å². The second-order valence-corrected chi connectivity index (χ2v) is 5.03. The maximum Gasteiger partial charge on any atom is 0.148 e. The van der Waals surface area contributed by atoms with Crippen LogP contribution in [0.1, 0.15) is 18.5 Å². The molecule has 1 saturated heterocycles. The number of nitriles is 1. The third-order valence-electron chi connectivity index (χ3n) is 3.64. The van der Waals surface area contributed by atoms with Crippen molar-refractivity contribution in [2.24, 2.45) is 0 Å². The molecule has 1 N–H and O–H groups in total. The van der Waals surface area contributed by atoms with E-state index in [2.05, 4.69) is 31.5 Å². The van der Waals surface area contributed by atoms with Gasteiger partial charge in [0, 0.05) is 37.2 Å². The highest BCUT2D eigenvalue weighted by Crippen LogP contribution is 2.21. The van der Waals surface area contributed by atoms with E-state index in [1.165, 1.54) is 0 Å². The summed E-state index contributed by atoms with van der Waals surface area (Å²) in [5.74, 6) is 0.826. The van der Waals surface area contributed by atoms with E-state index in [0.29, 0.717) is 11.7 Å². The van der Waals surface area contributed by atoms with Crippen LogP contribution in [0.3, 0.4) is 0 Å². The van der Waals surface area contributed by atoms with E-state index in [1.54, 1.807) is 12.4 Å². The summed E-state index contributed by atoms with van der Waals surface area (Å²) >= 11 is 0. The lowest BCUT2D eigenvalue weighted by molar-refractivity contribution is 0.525. The summed E-state index contributed by atoms with van der Waals surface area (Å²) < 4.78 is 0. The molecule has 0 amide bonds. The fourth-order valence-electron chi connectivity index (χ4n) is 2.55. The first-order chi connectivity index (χ1) is 10.3. The van der Waals surface area contributed by atoms with Crippen molar-refractivity contribution in [3.63, 3.8) is 0 Å². The summed E-state index contributed by atoms with van der Waals surface area (Å²) in [6.45, 7) is 1.90. The minimum Gasteiger partial charge on any atom is -0.371 e. The minimum absolute atomic E-state index is 0.412. The number of nitrogens with zero attached hydrogens (tertiary/aromatic N) is 5. The van der Waals surface area contributed by atoms with Gasteiger partial charge < -0.3 is 10.2 Å². The van der Waals surface area contributed by atoms with Crippen LogP contribution >= 0.6 is 0 Å². The van der Waals surface area contributed by atoms with Crippen molar-refractivity contribution in [2.45, 2.75) is 18.9 Å². The van der Waals surface area contributed by atoms with Gasteiger partial charge in [-0.1, -0.05) is 0 Å². The quantitative estimate of drug-likeness (QED) is 0.924. The van der Waals surface area contributed by atoms with Gasteiger partial charge in [-0.05, 0) is 37.1 Å². The van der Waals surface area contributed by atoms with Crippen LogP contribution in [0, 0.1) is 11.3 Å². The zero-order valence-electron chi connectivity index (χ0n) is 11.6. The van der Waals surface area contributed by atoms with Gasteiger partial charge in [0.1, 0.15) is 17.6 Å². The van der Waals surface area contributed by atoms with Crippen LogP contribution in [0.25, 0.3) is 0 Å². The zero-order valence-corrected chi connectivity index (χ0v) is 11.6. The Morgan fingerprint density at radius 3 is 2.81 bits per heavy atom. The van der Waals surface area contributed by atoms with E-state index in [1.807, 2.05) is 24.3 Å². The van der Waals surface area contributed by atoms with Crippen LogP contribution in [0.4, 0.5) is 11.5 Å². The summed E-state index contributed by atoms with van der Waals surface area (Å²) in [6.07, 6.45) is 5.42. The highest BCUT2D eigenvalue weighted by atomic mass is 15.2. The van der Waals surface area contributed by atoms with Gasteiger partial charge in [0.15, 0.2) is 0 Å². The topological polar surface area (TPSA) is 77.7 Å². The Balaban J connectivity index is 1.59. The second kappa shape index (κ2) is 6.18. The fourth-order valence-corrected chi connectivity index (χ4v) is 2.55. The van der Waals surface area contributed by atoms with Crippen molar-refractivity contribution in [3.05, 3.63) is 42.4 Å². The van der Waals surface area contributed by atoms with E-state index >= 15 is 0 Å². The van der Waals surface area contributed by atoms with Crippen molar-refractivity contribution in [2.75, 3.05) is 23.3 Å². The average molecular weight is 280 g/mol. The van der Waals surface area contributed by atoms with Crippen LogP contribution in [0.5, 0.6) is 0 Å². The highest BCUT2D eigenvalue weighted by molar-refractivity contribution is 5.49. The van der Waals surface area contributed by atoms with Crippen molar-refractivity contribution in [1.82, 2.24) is 15.2 Å². The lowest BCUT2D eigenvalue weighted by atomic mass is 10.0. The van der Waals surface area contributed by atoms with Crippen LogP contribution in [-0.4, -0.2) is 34.3 Å². The van der Waals surface area contributed by atoms with Crippen LogP contribution in [0.15, 0.2) is 36.7 Å². The molecule has 6 heteroatoms. The number of hydrogen-bond donors (Lipinski definition) is 1. The predicted octanol–water partition coefficient (Wildman–Crippen LogP) is 1.82. The largest absolute Gasteiger partial charge is 0.371 e. The number of anilines is 2. The number of rotatable bonds is 3. The van der Waals surface area contributed by atoms with Gasteiger partial charge in [0.05, 0.1) is 0 Å². The predicted molar refractivity (Wildman–Crippen MR) is 79.8 cm³/mol. The number of pyridine rings is 1. The van der Waals surface area contributed by atoms with Crippen molar-refractivity contribution in [1.29, 1.82) is 5.26 Å². The van der Waals surface area contributed by atoms with Crippen LogP contribution in [-0.2, 0) is 0 Å². The molecule has 3 heterocycles. The maximum absolute atomic E-state index is 8.91. The van der Waals surface area contributed by atoms with E-state index < -0.39 is 0 Å². The van der Waals surface area contributed by atoms with Gasteiger partial charge in [-0.15, -0.1) is 5.10 Å². The van der Waals surface area contributed by atoms with Gasteiger partial charge in [-0.2, -0.15) is 10.4 Å². The molecule has 0 bridgehead atoms. The molecule has 0 spiro atoms. The summed E-state index contributed by atoms with van der Waals surface area (Å²) in [4.78, 5) is 6.30. The SMILES string of the molecule is N#Cc1cc(N2CCC(Nc3cccnn3)CC2)ccn1. The monoisotopic (exact) mass is 280 g/mol. The molecular weight excluding hydrogens is 264 g/mol. The molecule has 21 heavy (non-hydrogen) atoms. The lowest BCUT2D eigenvalue weighted by Crippen LogP contribution is -2.39. The Morgan fingerprint density at radius 2 is 2.10 bits per heavy atom. The number of hydrogen-bond acceptors (Lipinski definition) is 6. The van der Waals surface area contributed by atoms with E-state index in [0.717, 1.165) is 37.4 Å². The highest BCUT2D eigenvalue weighted by Gasteiger charge is 2.19.